The van der Waals surface area contributed by atoms with Gasteiger partial charge in [-0.2, -0.15) is 4.98 Å². The Morgan fingerprint density at radius 1 is 1.40 bits per heavy atom. The number of halogens is 1. The number of nitrogens with zero attached hydrogens (tertiary/aromatic N) is 3. The summed E-state index contributed by atoms with van der Waals surface area (Å²) >= 11 is 3.41. The van der Waals surface area contributed by atoms with Crippen LogP contribution < -0.4 is 9.88 Å². The molecule has 0 aromatic carbocycles. The first kappa shape index (κ1) is 13.7. The van der Waals surface area contributed by atoms with Gasteiger partial charge in [-0.1, -0.05) is 4.98 Å². The molecule has 2 aromatic heterocycles. The summed E-state index contributed by atoms with van der Waals surface area (Å²) in [5, 5.41) is 0. The van der Waals surface area contributed by atoms with E-state index < -0.39 is 0 Å². The van der Waals surface area contributed by atoms with Gasteiger partial charge in [-0.3, -0.25) is 4.98 Å². The van der Waals surface area contributed by atoms with Gasteiger partial charge >= 0.3 is 5.65 Å². The Hall–Kier alpha value is -1.25. The van der Waals surface area contributed by atoms with E-state index in [1.165, 1.54) is 0 Å². The third-order valence-electron chi connectivity index (χ3n) is 3.24. The van der Waals surface area contributed by atoms with Crippen LogP contribution >= 0.6 is 15.9 Å². The molecule has 0 unspecified atom stereocenters. The molecule has 2 N–H and O–H groups in total. The number of ether oxygens (including phenoxy) is 2. The van der Waals surface area contributed by atoms with Gasteiger partial charge in [0.05, 0.1) is 19.8 Å². The Kier molecular flexibility index (Phi) is 4.13. The lowest BCUT2D eigenvalue weighted by molar-refractivity contribution is -0.362. The lowest BCUT2D eigenvalue weighted by Gasteiger charge is -2.27. The average molecular weight is 343 g/mol. The highest BCUT2D eigenvalue weighted by Crippen LogP contribution is 2.22. The number of fused-ring (bicyclic) bond motifs is 1. The molecule has 1 saturated heterocycles. The van der Waals surface area contributed by atoms with Crippen molar-refractivity contribution in [3.63, 3.8) is 0 Å². The van der Waals surface area contributed by atoms with Gasteiger partial charge in [-0.15, -0.1) is 0 Å². The Morgan fingerprint density at radius 2 is 2.20 bits per heavy atom. The van der Waals surface area contributed by atoms with Crippen LogP contribution in [0, 0.1) is 0 Å². The van der Waals surface area contributed by atoms with Crippen LogP contribution in [0.5, 0.6) is 0 Å². The number of hydrogen-bond acceptors (Lipinski definition) is 5. The van der Waals surface area contributed by atoms with Crippen molar-refractivity contribution in [3.05, 3.63) is 10.6 Å². The summed E-state index contributed by atoms with van der Waals surface area (Å²) < 4.78 is 11.3. The Balaban J connectivity index is 2.01. The second-order valence-corrected chi connectivity index (χ2v) is 5.39. The smallest absolute Gasteiger partial charge is 0.306 e. The molecule has 0 aliphatic carbocycles. The van der Waals surface area contributed by atoms with Crippen molar-refractivity contribution in [1.82, 2.24) is 15.0 Å². The molecule has 0 radical (unpaired) electrons. The highest BCUT2D eigenvalue weighted by atomic mass is 79.9. The fourth-order valence-corrected chi connectivity index (χ4v) is 2.64. The maximum atomic E-state index is 5.40. The van der Waals surface area contributed by atoms with Crippen LogP contribution in [-0.2, 0) is 15.9 Å². The molecular formula is C12H17BrN5O2+. The highest BCUT2D eigenvalue weighted by Gasteiger charge is 2.23. The minimum Gasteiger partial charge on any atom is -0.384 e. The number of aromatic nitrogens is 4. The molecule has 20 heavy (non-hydrogen) atoms. The number of imidazole rings is 1. The minimum atomic E-state index is 0.611. The van der Waals surface area contributed by atoms with Crippen LogP contribution in [0.25, 0.3) is 11.2 Å². The molecule has 7 nitrogen and oxygen atoms in total. The largest absolute Gasteiger partial charge is 0.384 e. The Labute approximate surface area is 124 Å². The predicted octanol–water partition coefficient (Wildman–Crippen LogP) is 0.560. The van der Waals surface area contributed by atoms with Crippen molar-refractivity contribution < 1.29 is 14.5 Å². The fraction of sp³-hybridized carbons (Fsp3) is 0.583. The van der Waals surface area contributed by atoms with Gasteiger partial charge in [0.2, 0.25) is 11.3 Å². The summed E-state index contributed by atoms with van der Waals surface area (Å²) in [4.78, 5) is 17.8. The molecule has 1 aliphatic rings. The van der Waals surface area contributed by atoms with E-state index in [1.54, 1.807) is 7.11 Å². The number of rotatable bonds is 4. The van der Waals surface area contributed by atoms with Crippen molar-refractivity contribution in [3.8, 4) is 0 Å². The molecule has 108 valence electrons. The van der Waals surface area contributed by atoms with Gasteiger partial charge < -0.3 is 14.4 Å². The molecule has 2 aromatic rings. The highest BCUT2D eigenvalue weighted by molar-refractivity contribution is 9.10. The Morgan fingerprint density at radius 3 is 2.95 bits per heavy atom. The van der Waals surface area contributed by atoms with Gasteiger partial charge in [0.25, 0.3) is 4.73 Å². The maximum absolute atomic E-state index is 5.40. The molecule has 0 amide bonds. The number of methoxy groups -OCH3 is 1. The van der Waals surface area contributed by atoms with Crippen LogP contribution in [0.2, 0.25) is 0 Å². The topological polar surface area (TPSA) is 77.4 Å². The molecule has 8 heteroatoms. The lowest BCUT2D eigenvalue weighted by Crippen LogP contribution is -2.37. The van der Waals surface area contributed by atoms with Gasteiger partial charge in [0.15, 0.2) is 5.82 Å². The molecule has 3 heterocycles. The summed E-state index contributed by atoms with van der Waals surface area (Å²) in [6, 6.07) is 0. The van der Waals surface area contributed by atoms with E-state index in [0.29, 0.717) is 13.0 Å². The SMILES string of the molecule is COCCc1nc(N2CCOCC2)c2[nH]c(Br)[nH+]c2n1. The first-order valence-corrected chi connectivity index (χ1v) is 7.36. The average Bonchev–Trinajstić information content (AvgIpc) is 2.85. The summed E-state index contributed by atoms with van der Waals surface area (Å²) in [7, 11) is 1.68. The zero-order chi connectivity index (χ0) is 13.9. The molecule has 3 rings (SSSR count). The zero-order valence-electron chi connectivity index (χ0n) is 11.3. The molecule has 0 saturated carbocycles. The van der Waals surface area contributed by atoms with E-state index in [4.69, 9.17) is 9.47 Å². The van der Waals surface area contributed by atoms with E-state index in [-0.39, 0.29) is 0 Å². The first-order chi connectivity index (χ1) is 9.78. The van der Waals surface area contributed by atoms with E-state index in [9.17, 15) is 0 Å². The van der Waals surface area contributed by atoms with E-state index in [1.807, 2.05) is 0 Å². The van der Waals surface area contributed by atoms with Gasteiger partial charge in [-0.05, 0) is 0 Å². The van der Waals surface area contributed by atoms with Crippen LogP contribution in [0.1, 0.15) is 5.82 Å². The van der Waals surface area contributed by atoms with E-state index in [0.717, 1.165) is 53.8 Å². The third-order valence-corrected chi connectivity index (χ3v) is 3.64. The molecule has 1 fully saturated rings. The van der Waals surface area contributed by atoms with Crippen LogP contribution in [0.4, 0.5) is 5.82 Å². The van der Waals surface area contributed by atoms with Crippen molar-refractivity contribution in [2.45, 2.75) is 6.42 Å². The van der Waals surface area contributed by atoms with Gasteiger partial charge in [0, 0.05) is 42.6 Å². The number of anilines is 1. The predicted molar refractivity (Wildman–Crippen MR) is 76.8 cm³/mol. The first-order valence-electron chi connectivity index (χ1n) is 6.57. The third kappa shape index (κ3) is 2.77. The number of nitrogens with one attached hydrogen (secondary N) is 2. The van der Waals surface area contributed by atoms with E-state index in [2.05, 4.69) is 40.8 Å². The van der Waals surface area contributed by atoms with Crippen LogP contribution in [-0.4, -0.2) is 55.0 Å². The maximum Gasteiger partial charge on any atom is 0.306 e. The minimum absolute atomic E-state index is 0.611. The Bertz CT molecular complexity index is 597. The lowest BCUT2D eigenvalue weighted by atomic mass is 10.3. The summed E-state index contributed by atoms with van der Waals surface area (Å²) in [6.07, 6.45) is 0.695. The second-order valence-electron chi connectivity index (χ2n) is 4.59. The quantitative estimate of drug-likeness (QED) is 0.821. The second kappa shape index (κ2) is 6.02. The molecule has 0 atom stereocenters. The van der Waals surface area contributed by atoms with Crippen LogP contribution in [0.15, 0.2) is 4.73 Å². The summed E-state index contributed by atoms with van der Waals surface area (Å²) in [6.45, 7) is 3.74. The van der Waals surface area contributed by atoms with Crippen LogP contribution in [0.3, 0.4) is 0 Å². The normalized spacial score (nSPS) is 16.0. The standard InChI is InChI=1S/C12H16BrN5O2/c1-19-5-2-8-14-10-9(16-12(13)17-10)11(15-8)18-3-6-20-7-4-18/h2-7H2,1H3,(H,14,15,16,17)/p+1. The van der Waals surface area contributed by atoms with Crippen molar-refractivity contribution in [2.24, 2.45) is 0 Å². The molecule has 1 aliphatic heterocycles. The number of hydrogen-bond donors (Lipinski definition) is 1. The zero-order valence-corrected chi connectivity index (χ0v) is 12.9. The van der Waals surface area contributed by atoms with Gasteiger partial charge in [0.1, 0.15) is 0 Å². The number of aromatic amines is 2. The van der Waals surface area contributed by atoms with Gasteiger partial charge in [-0.25, -0.2) is 4.98 Å². The molecule has 0 spiro atoms. The summed E-state index contributed by atoms with van der Waals surface area (Å²) in [5.74, 6) is 1.70. The van der Waals surface area contributed by atoms with Crippen molar-refractivity contribution in [1.29, 1.82) is 0 Å². The molecule has 0 bridgehead atoms. The van der Waals surface area contributed by atoms with Crippen molar-refractivity contribution >= 4 is 32.9 Å². The summed E-state index contributed by atoms with van der Waals surface area (Å²) in [5.41, 5.74) is 1.72. The monoisotopic (exact) mass is 342 g/mol. The van der Waals surface area contributed by atoms with E-state index >= 15 is 0 Å². The van der Waals surface area contributed by atoms with Crippen molar-refractivity contribution in [2.75, 3.05) is 44.9 Å². The number of H-pyrrole nitrogens is 2. The fourth-order valence-electron chi connectivity index (χ4n) is 2.25. The number of morpholine rings is 1. The molecular weight excluding hydrogens is 326 g/mol.